The minimum absolute atomic E-state index is 0.136. The highest BCUT2D eigenvalue weighted by molar-refractivity contribution is 7.89. The van der Waals surface area contributed by atoms with Gasteiger partial charge in [0.25, 0.3) is 0 Å². The third-order valence-corrected chi connectivity index (χ3v) is 7.47. The maximum Gasteiger partial charge on any atom is 0.243 e. The second-order valence-electron chi connectivity index (χ2n) is 7.67. The summed E-state index contributed by atoms with van der Waals surface area (Å²) >= 11 is 0. The third kappa shape index (κ3) is 4.63. The molecule has 0 bridgehead atoms. The number of piperidine rings is 1. The van der Waals surface area contributed by atoms with E-state index in [1.54, 1.807) is 29.6 Å². The Morgan fingerprint density at radius 2 is 1.93 bits per heavy atom. The summed E-state index contributed by atoms with van der Waals surface area (Å²) in [6.07, 6.45) is 4.90. The Morgan fingerprint density at radius 3 is 2.59 bits per heavy atom. The van der Waals surface area contributed by atoms with E-state index < -0.39 is 10.0 Å². The van der Waals surface area contributed by atoms with Crippen molar-refractivity contribution in [1.82, 2.24) is 9.21 Å². The molecule has 1 aromatic carbocycles. The zero-order valence-electron chi connectivity index (χ0n) is 16.3. The van der Waals surface area contributed by atoms with E-state index in [-0.39, 0.29) is 5.91 Å². The molecule has 6 nitrogen and oxygen atoms in total. The van der Waals surface area contributed by atoms with Gasteiger partial charge in [0.15, 0.2) is 0 Å². The van der Waals surface area contributed by atoms with E-state index in [0.717, 1.165) is 37.9 Å². The first-order valence-corrected chi connectivity index (χ1v) is 11.3. The van der Waals surface area contributed by atoms with Crippen LogP contribution in [0.1, 0.15) is 44.6 Å². The molecule has 0 spiro atoms. The Bertz CT molecular complexity index is 772. The van der Waals surface area contributed by atoms with Gasteiger partial charge in [0, 0.05) is 32.6 Å². The maximum absolute atomic E-state index is 12.8. The summed E-state index contributed by atoms with van der Waals surface area (Å²) in [5, 5.41) is 0. The number of likely N-dealkylation sites (tertiary alicyclic amines) is 1. The van der Waals surface area contributed by atoms with Gasteiger partial charge in [0.2, 0.25) is 15.9 Å². The van der Waals surface area contributed by atoms with Crippen molar-refractivity contribution in [2.45, 2.75) is 50.3 Å². The minimum atomic E-state index is -3.47. The number of nitrogens with zero attached hydrogens (tertiary/aromatic N) is 2. The fourth-order valence-electron chi connectivity index (χ4n) is 4.00. The first kappa shape index (κ1) is 20.1. The van der Waals surface area contributed by atoms with E-state index in [9.17, 15) is 13.2 Å². The molecule has 0 aromatic heterocycles. The predicted octanol–water partition coefficient (Wildman–Crippen LogP) is 2.67. The van der Waals surface area contributed by atoms with Gasteiger partial charge in [-0.15, -0.1) is 0 Å². The molecule has 1 atom stereocenters. The number of hydrogen-bond donors (Lipinski definition) is 0. The smallest absolute Gasteiger partial charge is 0.243 e. The SMILES string of the molecule is COc1ccc(S(=O)(=O)N2CCCC2)cc1CCC(=O)N1CCCC(C)C1. The van der Waals surface area contributed by atoms with Crippen LogP contribution in [-0.4, -0.2) is 56.8 Å². The fourth-order valence-corrected chi connectivity index (χ4v) is 5.57. The Morgan fingerprint density at radius 1 is 1.19 bits per heavy atom. The Balaban J connectivity index is 1.73. The largest absolute Gasteiger partial charge is 0.496 e. The fraction of sp³-hybridized carbons (Fsp3) is 0.650. The van der Waals surface area contributed by atoms with Gasteiger partial charge >= 0.3 is 0 Å². The quantitative estimate of drug-likeness (QED) is 0.744. The van der Waals surface area contributed by atoms with E-state index in [4.69, 9.17) is 4.74 Å². The average molecular weight is 395 g/mol. The van der Waals surface area contributed by atoms with Gasteiger partial charge in [-0.2, -0.15) is 4.31 Å². The standard InChI is InChI=1S/C20H30N2O4S/c1-16-6-5-11-21(15-16)20(23)10-7-17-14-18(8-9-19(17)26-2)27(24,25)22-12-3-4-13-22/h8-9,14,16H,3-7,10-13,15H2,1-2H3. The van der Waals surface area contributed by atoms with Crippen LogP contribution >= 0.6 is 0 Å². The molecule has 7 heteroatoms. The second kappa shape index (κ2) is 8.61. The molecule has 2 saturated heterocycles. The minimum Gasteiger partial charge on any atom is -0.496 e. The van der Waals surface area contributed by atoms with Crippen molar-refractivity contribution in [3.8, 4) is 5.75 Å². The molecule has 2 heterocycles. The van der Waals surface area contributed by atoms with Crippen molar-refractivity contribution in [1.29, 1.82) is 0 Å². The molecular weight excluding hydrogens is 364 g/mol. The van der Waals surface area contributed by atoms with E-state index in [1.165, 1.54) is 6.42 Å². The van der Waals surface area contributed by atoms with Crippen LogP contribution in [0.3, 0.4) is 0 Å². The van der Waals surface area contributed by atoms with Crippen LogP contribution in [0, 0.1) is 5.92 Å². The first-order valence-electron chi connectivity index (χ1n) is 9.86. The normalized spacial score (nSPS) is 21.4. The molecule has 1 aromatic rings. The number of methoxy groups -OCH3 is 1. The number of amides is 1. The van der Waals surface area contributed by atoms with Crippen LogP contribution in [0.4, 0.5) is 0 Å². The molecule has 0 saturated carbocycles. The van der Waals surface area contributed by atoms with Gasteiger partial charge < -0.3 is 9.64 Å². The van der Waals surface area contributed by atoms with Gasteiger partial charge in [0.1, 0.15) is 5.75 Å². The summed E-state index contributed by atoms with van der Waals surface area (Å²) in [7, 11) is -1.90. The number of carbonyl (C=O) groups excluding carboxylic acids is 1. The van der Waals surface area contributed by atoms with Crippen LogP contribution in [0.15, 0.2) is 23.1 Å². The summed E-state index contributed by atoms with van der Waals surface area (Å²) in [4.78, 5) is 14.8. The Kier molecular flexibility index (Phi) is 6.42. The lowest BCUT2D eigenvalue weighted by Crippen LogP contribution is -2.39. The van der Waals surface area contributed by atoms with Gasteiger partial charge in [-0.05, 0) is 61.8 Å². The van der Waals surface area contributed by atoms with Gasteiger partial charge in [-0.25, -0.2) is 8.42 Å². The summed E-state index contributed by atoms with van der Waals surface area (Å²) in [6, 6.07) is 4.98. The molecule has 1 unspecified atom stereocenters. The number of hydrogen-bond acceptors (Lipinski definition) is 4. The molecule has 1 amide bonds. The number of carbonyl (C=O) groups is 1. The van der Waals surface area contributed by atoms with Crippen molar-refractivity contribution in [2.75, 3.05) is 33.3 Å². The highest BCUT2D eigenvalue weighted by Gasteiger charge is 2.28. The molecule has 27 heavy (non-hydrogen) atoms. The summed E-state index contributed by atoms with van der Waals surface area (Å²) in [5.74, 6) is 1.32. The third-order valence-electron chi connectivity index (χ3n) is 5.57. The van der Waals surface area contributed by atoms with Crippen molar-refractivity contribution >= 4 is 15.9 Å². The lowest BCUT2D eigenvalue weighted by Gasteiger charge is -2.31. The molecule has 0 N–H and O–H groups in total. The monoisotopic (exact) mass is 394 g/mol. The van der Waals surface area contributed by atoms with Gasteiger partial charge in [0.05, 0.1) is 12.0 Å². The lowest BCUT2D eigenvalue weighted by molar-refractivity contribution is -0.132. The number of ether oxygens (including phenoxy) is 1. The molecule has 2 aliphatic heterocycles. The lowest BCUT2D eigenvalue weighted by atomic mass is 9.99. The first-order chi connectivity index (χ1) is 12.9. The van der Waals surface area contributed by atoms with Gasteiger partial charge in [-0.3, -0.25) is 4.79 Å². The zero-order valence-corrected chi connectivity index (χ0v) is 17.1. The average Bonchev–Trinajstić information content (AvgIpc) is 3.21. The van der Waals surface area contributed by atoms with E-state index >= 15 is 0 Å². The van der Waals surface area contributed by atoms with Crippen LogP contribution in [-0.2, 0) is 21.2 Å². The number of aryl methyl sites for hydroxylation is 1. The molecule has 2 fully saturated rings. The summed E-state index contributed by atoms with van der Waals surface area (Å²) in [6.45, 7) is 4.98. The highest BCUT2D eigenvalue weighted by atomic mass is 32.2. The maximum atomic E-state index is 12.8. The molecule has 150 valence electrons. The summed E-state index contributed by atoms with van der Waals surface area (Å²) in [5.41, 5.74) is 0.774. The topological polar surface area (TPSA) is 66.9 Å². The number of benzene rings is 1. The van der Waals surface area contributed by atoms with Crippen molar-refractivity contribution in [3.63, 3.8) is 0 Å². The molecule has 0 aliphatic carbocycles. The van der Waals surface area contributed by atoms with Crippen molar-refractivity contribution in [2.24, 2.45) is 5.92 Å². The van der Waals surface area contributed by atoms with E-state index in [0.29, 0.717) is 42.5 Å². The highest BCUT2D eigenvalue weighted by Crippen LogP contribution is 2.27. The summed E-state index contributed by atoms with van der Waals surface area (Å²) < 4.78 is 32.6. The number of sulfonamides is 1. The van der Waals surface area contributed by atoms with Crippen LogP contribution in [0.25, 0.3) is 0 Å². The molecule has 2 aliphatic rings. The zero-order chi connectivity index (χ0) is 19.4. The van der Waals surface area contributed by atoms with Crippen LogP contribution in [0.2, 0.25) is 0 Å². The second-order valence-corrected chi connectivity index (χ2v) is 9.61. The Labute approximate surface area is 162 Å². The van der Waals surface area contributed by atoms with Gasteiger partial charge in [-0.1, -0.05) is 6.92 Å². The van der Waals surface area contributed by atoms with E-state index in [1.807, 2.05) is 4.90 Å². The van der Waals surface area contributed by atoms with Crippen molar-refractivity contribution < 1.29 is 17.9 Å². The molecule has 0 radical (unpaired) electrons. The Hall–Kier alpha value is -1.60. The molecule has 3 rings (SSSR count). The number of rotatable bonds is 6. The molecular formula is C20H30N2O4S. The predicted molar refractivity (Wildman–Crippen MR) is 104 cm³/mol. The van der Waals surface area contributed by atoms with Crippen molar-refractivity contribution in [3.05, 3.63) is 23.8 Å². The van der Waals surface area contributed by atoms with Crippen LogP contribution in [0.5, 0.6) is 5.75 Å². The van der Waals surface area contributed by atoms with E-state index in [2.05, 4.69) is 6.92 Å². The van der Waals surface area contributed by atoms with Crippen LogP contribution < -0.4 is 4.74 Å².